The van der Waals surface area contributed by atoms with Crippen molar-refractivity contribution >= 4 is 66.9 Å². The van der Waals surface area contributed by atoms with Crippen LogP contribution in [0.1, 0.15) is 50.7 Å². The van der Waals surface area contributed by atoms with Gasteiger partial charge < -0.3 is 18.1 Å². The number of unbranched alkanes of at least 4 members (excludes halogenated alkanes) is 3. The second-order valence-electron chi connectivity index (χ2n) is 7.88. The summed E-state index contributed by atoms with van der Waals surface area (Å²) in [4.78, 5) is 0. The summed E-state index contributed by atoms with van der Waals surface area (Å²) in [5.41, 5.74) is 3.46. The van der Waals surface area contributed by atoms with Gasteiger partial charge in [0.2, 0.25) is 0 Å². The third-order valence-corrected chi connectivity index (χ3v) is 8.26. The van der Waals surface area contributed by atoms with Crippen molar-refractivity contribution in [3.05, 3.63) is 68.8 Å². The first-order valence-electron chi connectivity index (χ1n) is 11.4. The van der Waals surface area contributed by atoms with Crippen molar-refractivity contribution < 1.29 is 18.1 Å². The highest BCUT2D eigenvalue weighted by atomic mass is 79.9. The first-order valence-corrected chi connectivity index (χ1v) is 14.9. The average Bonchev–Trinajstić information content (AvgIpc) is 3.49. The molecule has 0 fully saturated rings. The van der Waals surface area contributed by atoms with Crippen molar-refractivity contribution in [3.8, 4) is 5.75 Å². The Bertz CT molecular complexity index is 1220. The van der Waals surface area contributed by atoms with Gasteiger partial charge in [-0.1, -0.05) is 51.3 Å². The smallest absolute Gasteiger partial charge is 0.186 e. The maximum absolute atomic E-state index is 12.0. The second-order valence-corrected chi connectivity index (χ2v) is 11.2. The lowest BCUT2D eigenvalue weighted by atomic mass is 10.1. The predicted octanol–water partition coefficient (Wildman–Crippen LogP) is 9.15. The van der Waals surface area contributed by atoms with Gasteiger partial charge in [0.25, 0.3) is 0 Å². The van der Waals surface area contributed by atoms with Crippen LogP contribution < -0.4 is 4.74 Å². The van der Waals surface area contributed by atoms with Crippen LogP contribution in [0.4, 0.5) is 0 Å². The quantitative estimate of drug-likeness (QED) is 0.150. The fourth-order valence-electron chi connectivity index (χ4n) is 3.47. The molecule has 0 aliphatic heterocycles. The van der Waals surface area contributed by atoms with Gasteiger partial charge in [-0.25, -0.2) is 0 Å². The molecule has 1 atom stereocenters. The molecule has 4 nitrogen and oxygen atoms in total. The molecule has 2 aromatic heterocycles. The predicted molar refractivity (Wildman–Crippen MR) is 150 cm³/mol. The molecule has 182 valence electrons. The average molecular weight is 564 g/mol. The van der Waals surface area contributed by atoms with Crippen molar-refractivity contribution in [2.24, 2.45) is 0 Å². The lowest BCUT2D eigenvalue weighted by molar-refractivity contribution is 0.305. The molecule has 7 heteroatoms. The van der Waals surface area contributed by atoms with Crippen molar-refractivity contribution in [1.82, 2.24) is 0 Å². The Balaban J connectivity index is 0.000000481. The Morgan fingerprint density at radius 2 is 1.76 bits per heavy atom. The summed E-state index contributed by atoms with van der Waals surface area (Å²) in [5.74, 6) is 0.683. The zero-order valence-electron chi connectivity index (χ0n) is 20.1. The number of thioether (sulfide) groups is 1. The summed E-state index contributed by atoms with van der Waals surface area (Å²) in [7, 11) is 0. The third-order valence-electron chi connectivity index (χ3n) is 5.26. The molecule has 1 unspecified atom stereocenters. The third kappa shape index (κ3) is 7.11. The van der Waals surface area contributed by atoms with E-state index in [1.165, 1.54) is 37.4 Å². The molecule has 0 spiro atoms. The molecule has 0 aliphatic carbocycles. The van der Waals surface area contributed by atoms with E-state index in [1.54, 1.807) is 18.8 Å². The summed E-state index contributed by atoms with van der Waals surface area (Å²) in [6, 6.07) is 11.7. The van der Waals surface area contributed by atoms with Crippen LogP contribution in [0.2, 0.25) is 0 Å². The van der Waals surface area contributed by atoms with Crippen molar-refractivity contribution in [2.45, 2.75) is 46.1 Å². The molecule has 0 N–H and O–H groups in total. The van der Waals surface area contributed by atoms with Crippen LogP contribution in [-0.4, -0.2) is 17.1 Å². The van der Waals surface area contributed by atoms with Crippen LogP contribution in [0.25, 0.3) is 28.0 Å². The number of hydrogen-bond donors (Lipinski definition) is 0. The Morgan fingerprint density at radius 1 is 1.06 bits per heavy atom. The van der Waals surface area contributed by atoms with Crippen LogP contribution in [-0.2, 0) is 17.8 Å². The number of benzene rings is 2. The van der Waals surface area contributed by atoms with Crippen LogP contribution >= 0.6 is 27.7 Å². The molecule has 0 saturated carbocycles. The molecule has 4 aromatic rings. The molecule has 2 heterocycles. The Labute approximate surface area is 217 Å². The van der Waals surface area contributed by atoms with Crippen molar-refractivity contribution in [1.29, 1.82) is 0 Å². The minimum Gasteiger partial charge on any atom is -0.611 e. The zero-order chi connectivity index (χ0) is 24.5. The summed E-state index contributed by atoms with van der Waals surface area (Å²) >= 11 is 3.95. The molecule has 4 rings (SSSR count). The summed E-state index contributed by atoms with van der Waals surface area (Å²) in [5, 5.41) is 1.99. The first-order chi connectivity index (χ1) is 16.5. The van der Waals surface area contributed by atoms with Gasteiger partial charge in [0.05, 0.1) is 17.0 Å². The van der Waals surface area contributed by atoms with E-state index in [0.29, 0.717) is 12.4 Å². The van der Waals surface area contributed by atoms with Crippen LogP contribution in [0.3, 0.4) is 0 Å². The number of halogens is 1. The highest BCUT2D eigenvalue weighted by Gasteiger charge is 2.13. The van der Waals surface area contributed by atoms with Gasteiger partial charge in [-0.3, -0.25) is 0 Å². The largest absolute Gasteiger partial charge is 0.611 e. The number of hydrogen-bond acceptors (Lipinski definition) is 5. The van der Waals surface area contributed by atoms with Crippen LogP contribution in [0.5, 0.6) is 5.75 Å². The van der Waals surface area contributed by atoms with E-state index in [-0.39, 0.29) is 0 Å². The van der Waals surface area contributed by atoms with Gasteiger partial charge in [0.15, 0.2) is 4.24 Å². The van der Waals surface area contributed by atoms with E-state index in [0.717, 1.165) is 41.8 Å². The SMILES string of the molecule is CCCCCC.CSC(=Cc1cc2ccoc2cc1OCc1cc(Br)c2occc2c1)[S+](C)[O-]. The van der Waals surface area contributed by atoms with E-state index in [1.807, 2.05) is 48.7 Å². The van der Waals surface area contributed by atoms with E-state index in [4.69, 9.17) is 13.6 Å². The normalized spacial score (nSPS) is 12.6. The summed E-state index contributed by atoms with van der Waals surface area (Å²) in [6.45, 7) is 4.85. The fraction of sp³-hybridized carbons (Fsp3) is 0.333. The number of furan rings is 2. The molecule has 2 aromatic carbocycles. The second kappa shape index (κ2) is 13.3. The van der Waals surface area contributed by atoms with Gasteiger partial charge in [0, 0.05) is 28.5 Å². The summed E-state index contributed by atoms with van der Waals surface area (Å²) < 4.78 is 30.8. The highest BCUT2D eigenvalue weighted by molar-refractivity contribution is 9.10. The zero-order valence-corrected chi connectivity index (χ0v) is 23.3. The van der Waals surface area contributed by atoms with E-state index < -0.39 is 11.2 Å². The molecule has 0 radical (unpaired) electrons. The number of rotatable bonds is 9. The molecular formula is C27H31BrO4S2. The van der Waals surface area contributed by atoms with E-state index >= 15 is 0 Å². The maximum Gasteiger partial charge on any atom is 0.186 e. The first kappa shape index (κ1) is 26.8. The Hall–Kier alpha value is -1.80. The summed E-state index contributed by atoms with van der Waals surface area (Å²) in [6.07, 6.45) is 14.4. The Morgan fingerprint density at radius 3 is 2.44 bits per heavy atom. The molecule has 34 heavy (non-hydrogen) atoms. The van der Waals surface area contributed by atoms with Gasteiger partial charge in [-0.05, 0) is 69.3 Å². The van der Waals surface area contributed by atoms with Crippen molar-refractivity contribution in [2.75, 3.05) is 12.5 Å². The van der Waals surface area contributed by atoms with E-state index in [2.05, 4.69) is 29.8 Å². The molecule has 0 aliphatic rings. The van der Waals surface area contributed by atoms with Gasteiger partial charge in [-0.15, -0.1) is 0 Å². The van der Waals surface area contributed by atoms with Gasteiger partial charge in [0.1, 0.15) is 29.8 Å². The fourth-order valence-corrected chi connectivity index (χ4v) is 5.57. The highest BCUT2D eigenvalue weighted by Crippen LogP contribution is 2.33. The van der Waals surface area contributed by atoms with E-state index in [9.17, 15) is 4.55 Å². The molecular weight excluding hydrogens is 532 g/mol. The monoisotopic (exact) mass is 562 g/mol. The topological polar surface area (TPSA) is 58.6 Å². The lowest BCUT2D eigenvalue weighted by Gasteiger charge is -2.12. The van der Waals surface area contributed by atoms with Crippen molar-refractivity contribution in [3.63, 3.8) is 0 Å². The minimum absolute atomic E-state index is 0.386. The molecule has 0 saturated heterocycles. The number of ether oxygens (including phenoxy) is 1. The standard InChI is InChI=1S/C21H17BrO4S2.C6H14/c1-27-20(28(2)23)10-16-9-14-3-5-24-18(14)11-19(16)26-12-13-7-15-4-6-25-21(15)17(22)8-13;1-3-5-6-4-2/h3-11H,12H2,1-2H3;3-6H2,1-2H3. The Kier molecular flexibility index (Phi) is 10.5. The van der Waals surface area contributed by atoms with Crippen LogP contribution in [0, 0.1) is 0 Å². The molecule has 0 amide bonds. The van der Waals surface area contributed by atoms with Crippen LogP contribution in [0.15, 0.2) is 66.5 Å². The lowest BCUT2D eigenvalue weighted by Crippen LogP contribution is -2.00. The maximum atomic E-state index is 12.0. The number of fused-ring (bicyclic) bond motifs is 2. The minimum atomic E-state index is -1.06. The van der Waals surface area contributed by atoms with Gasteiger partial charge >= 0.3 is 0 Å². The molecule has 0 bridgehead atoms. The van der Waals surface area contributed by atoms with Gasteiger partial charge in [-0.2, -0.15) is 0 Å².